The van der Waals surface area contributed by atoms with E-state index in [1.165, 1.54) is 17.5 Å². The number of anilines is 1. The van der Waals surface area contributed by atoms with Crippen LogP contribution >= 0.6 is 11.6 Å². The second kappa shape index (κ2) is 4.71. The van der Waals surface area contributed by atoms with Crippen molar-refractivity contribution in [2.24, 2.45) is 0 Å². The van der Waals surface area contributed by atoms with Gasteiger partial charge in [0.05, 0.1) is 0 Å². The minimum atomic E-state index is -0.0381. The predicted molar refractivity (Wildman–Crippen MR) is 77.8 cm³/mol. The van der Waals surface area contributed by atoms with Crippen LogP contribution in [0.5, 0.6) is 0 Å². The van der Waals surface area contributed by atoms with Crippen molar-refractivity contribution in [3.05, 3.63) is 63.7 Å². The molecule has 19 heavy (non-hydrogen) atoms. The molecule has 2 aromatic carbocycles. The van der Waals surface area contributed by atoms with Gasteiger partial charge in [-0.15, -0.1) is 0 Å². The first kappa shape index (κ1) is 12.2. The van der Waals surface area contributed by atoms with Gasteiger partial charge in [-0.1, -0.05) is 23.7 Å². The van der Waals surface area contributed by atoms with Crippen LogP contribution in [0.1, 0.15) is 33.5 Å². The maximum atomic E-state index is 12.5. The Morgan fingerprint density at radius 2 is 1.84 bits per heavy atom. The molecule has 2 aromatic rings. The molecule has 0 spiro atoms. The number of rotatable bonds is 2. The maximum Gasteiger partial charge on any atom is 0.195 e. The van der Waals surface area contributed by atoms with Crippen LogP contribution in [0.2, 0.25) is 5.02 Å². The van der Waals surface area contributed by atoms with Crippen molar-refractivity contribution in [1.29, 1.82) is 0 Å². The average Bonchev–Trinajstić information content (AvgIpc) is 2.85. The number of nitrogen functional groups attached to an aromatic ring is 1. The predicted octanol–water partition coefficient (Wildman–Crippen LogP) is 3.64. The van der Waals surface area contributed by atoms with E-state index in [1.54, 1.807) is 18.2 Å². The van der Waals surface area contributed by atoms with Crippen molar-refractivity contribution in [1.82, 2.24) is 0 Å². The summed E-state index contributed by atoms with van der Waals surface area (Å²) < 4.78 is 0. The number of ketones is 1. The van der Waals surface area contributed by atoms with E-state index in [9.17, 15) is 4.79 Å². The summed E-state index contributed by atoms with van der Waals surface area (Å²) in [5, 5.41) is 0.544. The molecule has 0 radical (unpaired) electrons. The molecule has 0 saturated heterocycles. The van der Waals surface area contributed by atoms with Crippen LogP contribution in [-0.4, -0.2) is 5.78 Å². The Balaban J connectivity index is 2.00. The molecule has 0 bridgehead atoms. The van der Waals surface area contributed by atoms with E-state index in [0.717, 1.165) is 12.8 Å². The van der Waals surface area contributed by atoms with Crippen LogP contribution in [-0.2, 0) is 12.8 Å². The second-order valence-electron chi connectivity index (χ2n) is 4.90. The molecule has 0 atom stereocenters. The Hall–Kier alpha value is -1.80. The first-order valence-electron chi connectivity index (χ1n) is 6.36. The lowest BCUT2D eigenvalue weighted by Crippen LogP contribution is -2.06. The Bertz CT molecular complexity index is 664. The van der Waals surface area contributed by atoms with E-state index in [0.29, 0.717) is 21.8 Å². The third kappa shape index (κ3) is 2.24. The van der Waals surface area contributed by atoms with Crippen LogP contribution in [0.4, 0.5) is 5.69 Å². The molecule has 2 N–H and O–H groups in total. The zero-order chi connectivity index (χ0) is 13.4. The van der Waals surface area contributed by atoms with Gasteiger partial charge in [0, 0.05) is 21.8 Å². The number of carbonyl (C=O) groups excluding carboxylic acids is 1. The summed E-state index contributed by atoms with van der Waals surface area (Å²) >= 11 is 5.85. The highest BCUT2D eigenvalue weighted by Crippen LogP contribution is 2.26. The third-order valence-corrected chi connectivity index (χ3v) is 3.85. The van der Waals surface area contributed by atoms with Gasteiger partial charge in [0.25, 0.3) is 0 Å². The largest absolute Gasteiger partial charge is 0.398 e. The molecule has 3 rings (SSSR count). The van der Waals surface area contributed by atoms with Crippen molar-refractivity contribution >= 4 is 23.1 Å². The van der Waals surface area contributed by atoms with Crippen LogP contribution < -0.4 is 5.73 Å². The van der Waals surface area contributed by atoms with E-state index in [-0.39, 0.29) is 5.78 Å². The molecule has 0 unspecified atom stereocenters. The highest BCUT2D eigenvalue weighted by atomic mass is 35.5. The zero-order valence-corrected chi connectivity index (χ0v) is 11.2. The zero-order valence-electron chi connectivity index (χ0n) is 10.4. The number of fused-ring (bicyclic) bond motifs is 1. The van der Waals surface area contributed by atoms with E-state index >= 15 is 0 Å². The lowest BCUT2D eigenvalue weighted by molar-refractivity contribution is 0.103. The lowest BCUT2D eigenvalue weighted by atomic mass is 9.98. The topological polar surface area (TPSA) is 43.1 Å². The van der Waals surface area contributed by atoms with Gasteiger partial charge in [0.2, 0.25) is 0 Å². The first-order valence-corrected chi connectivity index (χ1v) is 6.74. The summed E-state index contributed by atoms with van der Waals surface area (Å²) in [6.07, 6.45) is 3.36. The molecule has 1 aliphatic carbocycles. The molecule has 96 valence electrons. The minimum absolute atomic E-state index is 0.0381. The summed E-state index contributed by atoms with van der Waals surface area (Å²) in [4.78, 5) is 12.5. The van der Waals surface area contributed by atoms with Crippen molar-refractivity contribution in [2.75, 3.05) is 5.73 Å². The van der Waals surface area contributed by atoms with Crippen LogP contribution in [0, 0.1) is 0 Å². The number of benzene rings is 2. The average molecular weight is 272 g/mol. The van der Waals surface area contributed by atoms with Crippen molar-refractivity contribution in [2.45, 2.75) is 19.3 Å². The van der Waals surface area contributed by atoms with Gasteiger partial charge in [-0.05, 0) is 54.7 Å². The van der Waals surface area contributed by atoms with Crippen molar-refractivity contribution < 1.29 is 4.79 Å². The van der Waals surface area contributed by atoms with Gasteiger partial charge < -0.3 is 5.73 Å². The van der Waals surface area contributed by atoms with E-state index in [4.69, 9.17) is 17.3 Å². The van der Waals surface area contributed by atoms with Crippen LogP contribution in [0.15, 0.2) is 36.4 Å². The molecule has 0 saturated carbocycles. The number of carbonyl (C=O) groups is 1. The maximum absolute atomic E-state index is 12.5. The van der Waals surface area contributed by atoms with E-state index in [2.05, 4.69) is 6.07 Å². The molecule has 1 aliphatic rings. The molecule has 0 aliphatic heterocycles. The van der Waals surface area contributed by atoms with Gasteiger partial charge in [0.15, 0.2) is 5.78 Å². The van der Waals surface area contributed by atoms with E-state index < -0.39 is 0 Å². The second-order valence-corrected chi connectivity index (χ2v) is 5.33. The lowest BCUT2D eigenvalue weighted by Gasteiger charge is -2.07. The first-order chi connectivity index (χ1) is 9.15. The summed E-state index contributed by atoms with van der Waals surface area (Å²) in [5.74, 6) is -0.0381. The molecule has 0 heterocycles. The molecule has 0 aromatic heterocycles. The van der Waals surface area contributed by atoms with Gasteiger partial charge >= 0.3 is 0 Å². The fourth-order valence-electron chi connectivity index (χ4n) is 2.61. The van der Waals surface area contributed by atoms with Crippen LogP contribution in [0.3, 0.4) is 0 Å². The SMILES string of the molecule is Nc1cc(Cl)ccc1C(=O)c1ccc2c(c1)CCC2. The van der Waals surface area contributed by atoms with E-state index in [1.807, 2.05) is 12.1 Å². The number of halogens is 1. The minimum Gasteiger partial charge on any atom is -0.398 e. The fraction of sp³-hybridized carbons (Fsp3) is 0.188. The number of hydrogen-bond acceptors (Lipinski definition) is 2. The Labute approximate surface area is 117 Å². The molecule has 0 fully saturated rings. The Kier molecular flexibility index (Phi) is 3.03. The summed E-state index contributed by atoms with van der Waals surface area (Å²) in [7, 11) is 0. The quantitative estimate of drug-likeness (QED) is 0.669. The summed E-state index contributed by atoms with van der Waals surface area (Å²) in [6.45, 7) is 0. The molecular weight excluding hydrogens is 258 g/mol. The smallest absolute Gasteiger partial charge is 0.195 e. The monoisotopic (exact) mass is 271 g/mol. The number of hydrogen-bond donors (Lipinski definition) is 1. The third-order valence-electron chi connectivity index (χ3n) is 3.62. The van der Waals surface area contributed by atoms with Crippen molar-refractivity contribution in [3.63, 3.8) is 0 Å². The highest BCUT2D eigenvalue weighted by Gasteiger charge is 2.16. The fourth-order valence-corrected chi connectivity index (χ4v) is 2.79. The Morgan fingerprint density at radius 1 is 1.05 bits per heavy atom. The van der Waals surface area contributed by atoms with Gasteiger partial charge in [-0.2, -0.15) is 0 Å². The summed E-state index contributed by atoms with van der Waals surface area (Å²) in [5.41, 5.74) is 10.2. The number of nitrogens with two attached hydrogens (primary N) is 1. The van der Waals surface area contributed by atoms with Crippen molar-refractivity contribution in [3.8, 4) is 0 Å². The van der Waals surface area contributed by atoms with Crippen LogP contribution in [0.25, 0.3) is 0 Å². The normalized spacial score (nSPS) is 13.3. The van der Waals surface area contributed by atoms with Gasteiger partial charge in [-0.3, -0.25) is 4.79 Å². The molecule has 0 amide bonds. The molecule has 3 heteroatoms. The summed E-state index contributed by atoms with van der Waals surface area (Å²) in [6, 6.07) is 10.9. The highest BCUT2D eigenvalue weighted by molar-refractivity contribution is 6.31. The van der Waals surface area contributed by atoms with Gasteiger partial charge in [0.1, 0.15) is 0 Å². The Morgan fingerprint density at radius 3 is 2.63 bits per heavy atom. The van der Waals surface area contributed by atoms with Gasteiger partial charge in [-0.25, -0.2) is 0 Å². The molecular formula is C16H14ClNO. The number of aryl methyl sites for hydroxylation is 2. The molecule has 2 nitrogen and oxygen atoms in total. The standard InChI is InChI=1S/C16H14ClNO/c17-13-6-7-14(15(18)9-13)16(19)12-5-4-10-2-1-3-11(10)8-12/h4-9H,1-3,18H2.